The van der Waals surface area contributed by atoms with Crippen molar-refractivity contribution >= 4 is 28.9 Å². The number of ether oxygens (including phenoxy) is 1. The van der Waals surface area contributed by atoms with Crippen LogP contribution in [0.15, 0.2) is 60.8 Å². The molecule has 2 aromatic carbocycles. The average Bonchev–Trinajstić information content (AvgIpc) is 3.12. The van der Waals surface area contributed by atoms with Crippen molar-refractivity contribution in [3.05, 3.63) is 77.7 Å². The minimum absolute atomic E-state index is 0.217. The van der Waals surface area contributed by atoms with Crippen LogP contribution in [0, 0.1) is 17.1 Å². The molecule has 0 bridgehead atoms. The van der Waals surface area contributed by atoms with Crippen molar-refractivity contribution in [3.8, 4) is 6.07 Å². The predicted molar refractivity (Wildman–Crippen MR) is 110 cm³/mol. The van der Waals surface area contributed by atoms with Gasteiger partial charge in [-0.25, -0.2) is 9.18 Å². The molecule has 0 spiro atoms. The summed E-state index contributed by atoms with van der Waals surface area (Å²) in [6.07, 6.45) is 5.16. The topological polar surface area (TPSA) is 84.1 Å². The number of halogens is 1. The van der Waals surface area contributed by atoms with Crippen molar-refractivity contribution in [1.29, 1.82) is 5.26 Å². The number of carbonyl (C=O) groups is 2. The molecule has 1 amide bonds. The molecule has 0 aliphatic rings. The molecule has 0 aliphatic heterocycles. The molecule has 3 rings (SSSR count). The molecule has 0 radical (unpaired) electrons. The van der Waals surface area contributed by atoms with Gasteiger partial charge < -0.3 is 14.6 Å². The van der Waals surface area contributed by atoms with E-state index < -0.39 is 18.5 Å². The monoisotopic (exact) mass is 405 g/mol. The molecule has 7 heteroatoms. The van der Waals surface area contributed by atoms with Crippen LogP contribution < -0.4 is 5.32 Å². The SMILES string of the molecule is N#CCCn1cc(/C=C/C(=O)OCC(=O)NCc2ccc(F)cc2)c2ccccc21. The highest BCUT2D eigenvalue weighted by molar-refractivity contribution is 5.95. The number of benzene rings is 2. The molecule has 0 aliphatic carbocycles. The Labute approximate surface area is 173 Å². The lowest BCUT2D eigenvalue weighted by molar-refractivity contribution is -0.143. The van der Waals surface area contributed by atoms with Crippen LogP contribution in [-0.2, 0) is 27.4 Å². The van der Waals surface area contributed by atoms with Crippen LogP contribution in [0.3, 0.4) is 0 Å². The van der Waals surface area contributed by atoms with Gasteiger partial charge in [-0.3, -0.25) is 4.79 Å². The lowest BCUT2D eigenvalue weighted by atomic mass is 10.1. The Balaban J connectivity index is 1.54. The van der Waals surface area contributed by atoms with Crippen LogP contribution in [0.4, 0.5) is 4.39 Å². The third-order valence-electron chi connectivity index (χ3n) is 4.43. The minimum atomic E-state index is -0.638. The second kappa shape index (κ2) is 10.0. The maximum Gasteiger partial charge on any atom is 0.331 e. The van der Waals surface area contributed by atoms with Gasteiger partial charge in [-0.05, 0) is 29.8 Å². The zero-order valence-corrected chi connectivity index (χ0v) is 16.2. The normalized spacial score (nSPS) is 10.8. The van der Waals surface area contributed by atoms with E-state index in [1.807, 2.05) is 35.0 Å². The smallest absolute Gasteiger partial charge is 0.331 e. The Bertz CT molecular complexity index is 1110. The zero-order chi connectivity index (χ0) is 21.3. The van der Waals surface area contributed by atoms with Gasteiger partial charge in [-0.2, -0.15) is 5.26 Å². The van der Waals surface area contributed by atoms with E-state index in [-0.39, 0.29) is 12.4 Å². The molecule has 3 aromatic rings. The number of nitrogens with zero attached hydrogens (tertiary/aromatic N) is 2. The van der Waals surface area contributed by atoms with E-state index in [0.29, 0.717) is 13.0 Å². The van der Waals surface area contributed by atoms with Crippen molar-refractivity contribution in [2.75, 3.05) is 6.61 Å². The highest BCUT2D eigenvalue weighted by Crippen LogP contribution is 2.22. The van der Waals surface area contributed by atoms with Crippen LogP contribution in [0.2, 0.25) is 0 Å². The Morgan fingerprint density at radius 1 is 1.17 bits per heavy atom. The van der Waals surface area contributed by atoms with Crippen LogP contribution in [0.1, 0.15) is 17.5 Å². The van der Waals surface area contributed by atoms with Gasteiger partial charge in [0.05, 0.1) is 12.5 Å². The number of rotatable bonds is 8. The van der Waals surface area contributed by atoms with Gasteiger partial charge in [0.15, 0.2) is 6.61 Å². The van der Waals surface area contributed by atoms with Crippen LogP contribution in [0.5, 0.6) is 0 Å². The minimum Gasteiger partial charge on any atom is -0.452 e. The molecule has 0 unspecified atom stereocenters. The van der Waals surface area contributed by atoms with Gasteiger partial charge >= 0.3 is 5.97 Å². The summed E-state index contributed by atoms with van der Waals surface area (Å²) in [6, 6.07) is 15.6. The summed E-state index contributed by atoms with van der Waals surface area (Å²) in [5.74, 6) is -1.44. The number of esters is 1. The summed E-state index contributed by atoms with van der Waals surface area (Å²) in [4.78, 5) is 23.8. The number of aryl methyl sites for hydroxylation is 1. The summed E-state index contributed by atoms with van der Waals surface area (Å²) in [5.41, 5.74) is 2.53. The molecule has 0 saturated carbocycles. The number of carbonyl (C=O) groups excluding carboxylic acids is 2. The van der Waals surface area contributed by atoms with Gasteiger partial charge in [-0.15, -0.1) is 0 Å². The van der Waals surface area contributed by atoms with E-state index in [0.717, 1.165) is 22.0 Å². The molecule has 1 N–H and O–H groups in total. The molecule has 1 heterocycles. The fourth-order valence-corrected chi connectivity index (χ4v) is 2.96. The largest absolute Gasteiger partial charge is 0.452 e. The molecule has 0 saturated heterocycles. The summed E-state index contributed by atoms with van der Waals surface area (Å²) < 4.78 is 19.8. The number of hydrogen-bond donors (Lipinski definition) is 1. The number of fused-ring (bicyclic) bond motifs is 1. The van der Waals surface area contributed by atoms with E-state index in [9.17, 15) is 14.0 Å². The van der Waals surface area contributed by atoms with Crippen molar-refractivity contribution in [2.24, 2.45) is 0 Å². The highest BCUT2D eigenvalue weighted by Gasteiger charge is 2.08. The van der Waals surface area contributed by atoms with Gasteiger partial charge in [-0.1, -0.05) is 30.3 Å². The third kappa shape index (κ3) is 5.55. The zero-order valence-electron chi connectivity index (χ0n) is 16.2. The quantitative estimate of drug-likeness (QED) is 0.459. The first-order chi connectivity index (χ1) is 14.6. The molecule has 1 aromatic heterocycles. The first-order valence-electron chi connectivity index (χ1n) is 9.37. The summed E-state index contributed by atoms with van der Waals surface area (Å²) in [5, 5.41) is 12.4. The molecule has 152 valence electrons. The second-order valence-electron chi connectivity index (χ2n) is 6.55. The number of nitrogens with one attached hydrogen (secondary N) is 1. The van der Waals surface area contributed by atoms with E-state index in [2.05, 4.69) is 11.4 Å². The fraction of sp³-hybridized carbons (Fsp3) is 0.174. The maximum absolute atomic E-state index is 12.9. The first-order valence-corrected chi connectivity index (χ1v) is 9.37. The number of hydrogen-bond acceptors (Lipinski definition) is 4. The molecule has 0 atom stereocenters. The average molecular weight is 405 g/mol. The Kier molecular flexibility index (Phi) is 6.95. The molecular formula is C23H20FN3O3. The number of para-hydroxylation sites is 1. The van der Waals surface area contributed by atoms with Crippen LogP contribution in [-0.4, -0.2) is 23.1 Å². The first kappa shape index (κ1) is 20.8. The summed E-state index contributed by atoms with van der Waals surface area (Å²) in [7, 11) is 0. The van der Waals surface area contributed by atoms with Crippen molar-refractivity contribution < 1.29 is 18.7 Å². The summed E-state index contributed by atoms with van der Waals surface area (Å²) in [6.45, 7) is 0.368. The lowest BCUT2D eigenvalue weighted by Crippen LogP contribution is -2.28. The third-order valence-corrected chi connectivity index (χ3v) is 4.43. The molecular weight excluding hydrogens is 385 g/mol. The maximum atomic E-state index is 12.9. The summed E-state index contributed by atoms with van der Waals surface area (Å²) >= 11 is 0. The van der Waals surface area contributed by atoms with Gasteiger partial charge in [0.25, 0.3) is 5.91 Å². The van der Waals surface area contributed by atoms with Crippen molar-refractivity contribution in [2.45, 2.75) is 19.5 Å². The number of amides is 1. The van der Waals surface area contributed by atoms with E-state index in [1.165, 1.54) is 18.2 Å². The highest BCUT2D eigenvalue weighted by atomic mass is 19.1. The molecule has 0 fully saturated rings. The fourth-order valence-electron chi connectivity index (χ4n) is 2.96. The van der Waals surface area contributed by atoms with Gasteiger partial charge in [0.1, 0.15) is 5.82 Å². The lowest BCUT2D eigenvalue weighted by Gasteiger charge is -2.05. The van der Waals surface area contributed by atoms with Crippen LogP contribution in [0.25, 0.3) is 17.0 Å². The molecule has 6 nitrogen and oxygen atoms in total. The Morgan fingerprint density at radius 3 is 2.70 bits per heavy atom. The van der Waals surface area contributed by atoms with Crippen molar-refractivity contribution in [1.82, 2.24) is 9.88 Å². The van der Waals surface area contributed by atoms with E-state index in [1.54, 1.807) is 18.2 Å². The Morgan fingerprint density at radius 2 is 1.93 bits per heavy atom. The van der Waals surface area contributed by atoms with Gasteiger partial charge in [0.2, 0.25) is 0 Å². The second-order valence-corrected chi connectivity index (χ2v) is 6.55. The van der Waals surface area contributed by atoms with E-state index in [4.69, 9.17) is 10.00 Å². The van der Waals surface area contributed by atoms with E-state index >= 15 is 0 Å². The Hall–Kier alpha value is -3.92. The number of aromatic nitrogens is 1. The standard InChI is InChI=1S/C23H20FN3O3/c24-19-9-6-17(7-10-19)14-26-22(28)16-30-23(29)11-8-18-15-27(13-3-12-25)21-5-2-1-4-20(18)21/h1-2,4-11,15H,3,13-14,16H2,(H,26,28)/b11-8+. The molecule has 30 heavy (non-hydrogen) atoms. The van der Waals surface area contributed by atoms with Crippen molar-refractivity contribution in [3.63, 3.8) is 0 Å². The van der Waals surface area contributed by atoms with Gasteiger partial charge in [0, 0.05) is 41.8 Å². The number of nitriles is 1. The van der Waals surface area contributed by atoms with Crippen LogP contribution >= 0.6 is 0 Å². The predicted octanol–water partition coefficient (Wildman–Crippen LogP) is 3.57.